The molecule has 2 aliphatic carbocycles. The zero-order valence-corrected chi connectivity index (χ0v) is 16.9. The van der Waals surface area contributed by atoms with E-state index in [0.717, 1.165) is 17.0 Å². The first-order chi connectivity index (χ1) is 14.5. The fourth-order valence-corrected chi connectivity index (χ4v) is 4.79. The lowest BCUT2D eigenvalue weighted by atomic mass is 9.71. The molecule has 3 aliphatic rings. The van der Waals surface area contributed by atoms with E-state index in [2.05, 4.69) is 6.58 Å². The number of nitrogens with zero attached hydrogens (tertiary/aromatic N) is 1. The van der Waals surface area contributed by atoms with Crippen LogP contribution in [0.25, 0.3) is 0 Å². The van der Waals surface area contributed by atoms with Gasteiger partial charge < -0.3 is 14.7 Å². The molecule has 1 aromatic carbocycles. The van der Waals surface area contributed by atoms with Crippen LogP contribution in [0.4, 0.5) is 0 Å². The molecule has 0 fully saturated rings. The van der Waals surface area contributed by atoms with Crippen molar-refractivity contribution in [2.45, 2.75) is 44.4 Å². The first-order valence-electron chi connectivity index (χ1n) is 10.4. The van der Waals surface area contributed by atoms with Gasteiger partial charge in [0.05, 0.1) is 0 Å². The van der Waals surface area contributed by atoms with Crippen LogP contribution in [0.2, 0.25) is 0 Å². The molecule has 0 spiro atoms. The summed E-state index contributed by atoms with van der Waals surface area (Å²) in [6.45, 7) is 3.82. The molecule has 0 atom stereocenters. The molecule has 0 unspecified atom stereocenters. The number of carboxylic acid groups (broad SMARTS) is 1. The van der Waals surface area contributed by atoms with Gasteiger partial charge in [-0.15, -0.1) is 0 Å². The van der Waals surface area contributed by atoms with Crippen molar-refractivity contribution in [1.29, 1.82) is 0 Å². The van der Waals surface area contributed by atoms with Gasteiger partial charge in [-0.1, -0.05) is 24.8 Å². The van der Waals surface area contributed by atoms with E-state index in [0.29, 0.717) is 62.0 Å². The van der Waals surface area contributed by atoms with Crippen LogP contribution in [0.1, 0.15) is 50.0 Å². The third kappa shape index (κ3) is 3.58. The zero-order chi connectivity index (χ0) is 21.3. The van der Waals surface area contributed by atoms with E-state index in [1.165, 1.54) is 0 Å². The highest BCUT2D eigenvalue weighted by molar-refractivity contribution is 6.06. The van der Waals surface area contributed by atoms with E-state index in [-0.39, 0.29) is 18.1 Å². The molecule has 1 aromatic rings. The predicted molar refractivity (Wildman–Crippen MR) is 111 cm³/mol. The number of ether oxygens (including phenoxy) is 1. The Labute approximate surface area is 175 Å². The normalized spacial score (nSPS) is 19.5. The van der Waals surface area contributed by atoms with Crippen molar-refractivity contribution in [3.05, 3.63) is 65.0 Å². The molecule has 6 heteroatoms. The Morgan fingerprint density at radius 2 is 1.60 bits per heavy atom. The Morgan fingerprint density at radius 3 is 2.10 bits per heavy atom. The first-order valence-corrected chi connectivity index (χ1v) is 10.4. The summed E-state index contributed by atoms with van der Waals surface area (Å²) >= 11 is 0. The molecule has 0 saturated carbocycles. The van der Waals surface area contributed by atoms with Crippen LogP contribution in [-0.4, -0.2) is 40.7 Å². The SMILES string of the molecule is C=CCOc1ccc(C2C3=C(CCCC3=O)N(CC(=O)O)C3=C2C(=O)CCC3)cc1. The second-order valence-corrected chi connectivity index (χ2v) is 7.86. The molecular formula is C24H25NO5. The van der Waals surface area contributed by atoms with Crippen molar-refractivity contribution >= 4 is 17.5 Å². The fraction of sp³-hybridized carbons (Fsp3) is 0.375. The maximum absolute atomic E-state index is 13.0. The van der Waals surface area contributed by atoms with Crippen LogP contribution < -0.4 is 4.74 Å². The van der Waals surface area contributed by atoms with Gasteiger partial charge in [0.1, 0.15) is 18.9 Å². The van der Waals surface area contributed by atoms with E-state index >= 15 is 0 Å². The standard InChI is InChI=1S/C24H25NO5/c1-2-13-30-16-11-9-15(10-12-16)22-23-17(5-3-7-19(23)26)25(14-21(28)29)18-6-4-8-20(27)24(18)22/h2,9-12,22H,1,3-8,13-14H2,(H,28,29). The van der Waals surface area contributed by atoms with Gasteiger partial charge in [0.15, 0.2) is 11.6 Å². The second-order valence-electron chi connectivity index (χ2n) is 7.86. The quantitative estimate of drug-likeness (QED) is 0.723. The van der Waals surface area contributed by atoms with Gasteiger partial charge in [-0.25, -0.2) is 0 Å². The highest BCUT2D eigenvalue weighted by Crippen LogP contribution is 2.49. The van der Waals surface area contributed by atoms with Gasteiger partial charge in [0, 0.05) is 41.3 Å². The number of aliphatic carboxylic acids is 1. The van der Waals surface area contributed by atoms with E-state index in [4.69, 9.17) is 4.74 Å². The number of allylic oxidation sites excluding steroid dienone is 4. The highest BCUT2D eigenvalue weighted by atomic mass is 16.5. The number of rotatable bonds is 6. The summed E-state index contributed by atoms with van der Waals surface area (Å²) in [5.41, 5.74) is 3.60. The molecule has 4 rings (SSSR count). The van der Waals surface area contributed by atoms with Crippen LogP contribution in [0.5, 0.6) is 5.75 Å². The van der Waals surface area contributed by atoms with E-state index in [9.17, 15) is 19.5 Å². The third-order valence-corrected chi connectivity index (χ3v) is 5.96. The lowest BCUT2D eigenvalue weighted by Gasteiger charge is -2.43. The Balaban J connectivity index is 1.85. The average Bonchev–Trinajstić information content (AvgIpc) is 2.73. The van der Waals surface area contributed by atoms with Gasteiger partial charge in [-0.2, -0.15) is 0 Å². The van der Waals surface area contributed by atoms with Gasteiger partial charge >= 0.3 is 5.97 Å². The topological polar surface area (TPSA) is 83.9 Å². The minimum atomic E-state index is -0.966. The van der Waals surface area contributed by atoms with Gasteiger partial charge in [0.2, 0.25) is 0 Å². The molecule has 0 bridgehead atoms. The first kappa shape index (κ1) is 20.1. The highest BCUT2D eigenvalue weighted by Gasteiger charge is 2.43. The summed E-state index contributed by atoms with van der Waals surface area (Å²) in [5, 5.41) is 9.48. The number of carbonyl (C=O) groups excluding carboxylic acids is 2. The molecule has 6 nitrogen and oxygen atoms in total. The molecular weight excluding hydrogens is 382 g/mol. The summed E-state index contributed by atoms with van der Waals surface area (Å²) in [6, 6.07) is 7.47. The summed E-state index contributed by atoms with van der Waals surface area (Å²) < 4.78 is 5.56. The minimum Gasteiger partial charge on any atom is -0.490 e. The van der Waals surface area contributed by atoms with Gasteiger partial charge in [-0.3, -0.25) is 14.4 Å². The Kier molecular flexibility index (Phi) is 5.57. The molecule has 156 valence electrons. The summed E-state index contributed by atoms with van der Waals surface area (Å²) in [6.07, 6.45) is 5.21. The molecule has 1 aliphatic heterocycles. The van der Waals surface area contributed by atoms with Crippen LogP contribution in [0.15, 0.2) is 59.5 Å². The smallest absolute Gasteiger partial charge is 0.323 e. The van der Waals surface area contributed by atoms with Crippen molar-refractivity contribution in [3.8, 4) is 5.75 Å². The van der Waals surface area contributed by atoms with E-state index < -0.39 is 11.9 Å². The van der Waals surface area contributed by atoms with E-state index in [1.54, 1.807) is 11.0 Å². The van der Waals surface area contributed by atoms with Crippen molar-refractivity contribution in [1.82, 2.24) is 4.90 Å². The minimum absolute atomic E-state index is 0.00791. The Bertz CT molecular complexity index is 926. The van der Waals surface area contributed by atoms with Gasteiger partial charge in [-0.05, 0) is 43.4 Å². The van der Waals surface area contributed by atoms with Gasteiger partial charge in [0.25, 0.3) is 0 Å². The fourth-order valence-electron chi connectivity index (χ4n) is 4.79. The number of carbonyl (C=O) groups is 3. The molecule has 1 N–H and O–H groups in total. The summed E-state index contributed by atoms with van der Waals surface area (Å²) in [7, 11) is 0. The van der Waals surface area contributed by atoms with Crippen LogP contribution in [0, 0.1) is 0 Å². The lowest BCUT2D eigenvalue weighted by molar-refractivity contribution is -0.138. The number of hydrogen-bond acceptors (Lipinski definition) is 5. The van der Waals surface area contributed by atoms with Crippen molar-refractivity contribution in [2.24, 2.45) is 0 Å². The van der Waals surface area contributed by atoms with Crippen molar-refractivity contribution in [2.75, 3.05) is 13.2 Å². The molecule has 30 heavy (non-hydrogen) atoms. The van der Waals surface area contributed by atoms with Crippen LogP contribution in [-0.2, 0) is 14.4 Å². The number of hydrogen-bond donors (Lipinski definition) is 1. The molecule has 0 amide bonds. The zero-order valence-electron chi connectivity index (χ0n) is 16.9. The number of carboxylic acids is 1. The Morgan fingerprint density at radius 1 is 1.03 bits per heavy atom. The summed E-state index contributed by atoms with van der Waals surface area (Å²) in [5.74, 6) is -0.696. The van der Waals surface area contributed by atoms with E-state index in [1.807, 2.05) is 24.3 Å². The second kappa shape index (κ2) is 8.30. The maximum Gasteiger partial charge on any atom is 0.323 e. The molecule has 0 aromatic heterocycles. The number of ketones is 2. The van der Waals surface area contributed by atoms with Crippen LogP contribution >= 0.6 is 0 Å². The lowest BCUT2D eigenvalue weighted by Crippen LogP contribution is -2.41. The molecule has 0 radical (unpaired) electrons. The summed E-state index contributed by atoms with van der Waals surface area (Å²) in [4.78, 5) is 39.4. The average molecular weight is 407 g/mol. The van der Waals surface area contributed by atoms with Crippen LogP contribution in [0.3, 0.4) is 0 Å². The maximum atomic E-state index is 13.0. The number of Topliss-reactive ketones (excluding diaryl/α,β-unsaturated/α-hetero) is 2. The third-order valence-electron chi connectivity index (χ3n) is 5.96. The Hall–Kier alpha value is -3.15. The monoisotopic (exact) mass is 407 g/mol. The molecule has 1 heterocycles. The van der Waals surface area contributed by atoms with Crippen molar-refractivity contribution < 1.29 is 24.2 Å². The molecule has 0 saturated heterocycles. The predicted octanol–water partition coefficient (Wildman–Crippen LogP) is 3.75. The largest absolute Gasteiger partial charge is 0.490 e. The number of benzene rings is 1. The van der Waals surface area contributed by atoms with Crippen molar-refractivity contribution in [3.63, 3.8) is 0 Å².